The lowest BCUT2D eigenvalue weighted by Crippen LogP contribution is -2.51. The number of nitrogens with zero attached hydrogens (tertiary/aromatic N) is 3. The second kappa shape index (κ2) is 5.53. The second-order valence-corrected chi connectivity index (χ2v) is 5.08. The molecule has 0 radical (unpaired) electrons. The largest absolute Gasteiger partial charge is 0.505 e. The Morgan fingerprint density at radius 1 is 1.52 bits per heavy atom. The fraction of sp³-hybridized carbons (Fsp3) is 0.357. The molecule has 7 nitrogen and oxygen atoms in total. The highest BCUT2D eigenvalue weighted by molar-refractivity contribution is 5.68. The van der Waals surface area contributed by atoms with Crippen molar-refractivity contribution in [2.24, 2.45) is 0 Å². The molecule has 1 saturated heterocycles. The van der Waals surface area contributed by atoms with E-state index in [-0.39, 0.29) is 11.9 Å². The van der Waals surface area contributed by atoms with Gasteiger partial charge in [0.2, 0.25) is 0 Å². The van der Waals surface area contributed by atoms with E-state index in [1.807, 2.05) is 0 Å². The normalized spacial score (nSPS) is 15.7. The number of nitrogens with one attached hydrogen (secondary N) is 1. The van der Waals surface area contributed by atoms with Crippen LogP contribution in [-0.2, 0) is 16.1 Å². The first-order valence-corrected chi connectivity index (χ1v) is 6.67. The van der Waals surface area contributed by atoms with Crippen molar-refractivity contribution in [1.29, 1.82) is 0 Å². The van der Waals surface area contributed by atoms with Gasteiger partial charge < -0.3 is 14.8 Å². The summed E-state index contributed by atoms with van der Waals surface area (Å²) in [5, 5.41) is 10.3. The average Bonchev–Trinajstić information content (AvgIpc) is 2.94. The zero-order valence-corrected chi connectivity index (χ0v) is 11.6. The van der Waals surface area contributed by atoms with Gasteiger partial charge in [0.25, 0.3) is 6.47 Å². The summed E-state index contributed by atoms with van der Waals surface area (Å²) in [5.74, 6) is 0.762. The summed E-state index contributed by atoms with van der Waals surface area (Å²) in [6.07, 6.45) is 5.07. The lowest BCUT2D eigenvalue weighted by molar-refractivity contribution is -0.142. The molecule has 0 unspecified atom stereocenters. The van der Waals surface area contributed by atoms with Crippen molar-refractivity contribution >= 4 is 6.47 Å². The monoisotopic (exact) mass is 290 g/mol. The lowest BCUT2D eigenvalue weighted by Gasteiger charge is -2.37. The Bertz CT molecular complexity index is 636. The van der Waals surface area contributed by atoms with Crippen LogP contribution in [0.1, 0.15) is 11.3 Å². The lowest BCUT2D eigenvalue weighted by atomic mass is 10.0. The van der Waals surface area contributed by atoms with E-state index in [2.05, 4.69) is 19.9 Å². The topological polar surface area (TPSA) is 91.3 Å². The van der Waals surface area contributed by atoms with Crippen LogP contribution >= 0.6 is 0 Å². The van der Waals surface area contributed by atoms with Gasteiger partial charge in [-0.2, -0.15) is 0 Å². The Kier molecular flexibility index (Phi) is 3.57. The van der Waals surface area contributed by atoms with Gasteiger partial charge in [-0.15, -0.1) is 0 Å². The first-order valence-electron chi connectivity index (χ1n) is 6.67. The van der Waals surface area contributed by atoms with Crippen molar-refractivity contribution in [2.45, 2.75) is 19.6 Å². The molecule has 0 amide bonds. The van der Waals surface area contributed by atoms with Gasteiger partial charge >= 0.3 is 0 Å². The molecule has 3 heterocycles. The van der Waals surface area contributed by atoms with Gasteiger partial charge in [-0.05, 0) is 12.5 Å². The summed E-state index contributed by atoms with van der Waals surface area (Å²) in [6.45, 7) is 4.23. The highest BCUT2D eigenvalue weighted by atomic mass is 16.5. The molecule has 2 aromatic heterocycles. The highest BCUT2D eigenvalue weighted by Crippen LogP contribution is 2.33. The molecule has 3 rings (SSSR count). The van der Waals surface area contributed by atoms with Gasteiger partial charge in [0.15, 0.2) is 0 Å². The van der Waals surface area contributed by atoms with E-state index < -0.39 is 0 Å². The third kappa shape index (κ3) is 2.59. The van der Waals surface area contributed by atoms with Gasteiger partial charge in [0.1, 0.15) is 17.7 Å². The molecule has 0 atom stereocenters. The molecule has 1 aliphatic heterocycles. The minimum absolute atomic E-state index is 0.0402. The molecule has 0 saturated carbocycles. The number of aromatic hydroxyl groups is 1. The fourth-order valence-electron chi connectivity index (χ4n) is 2.48. The third-order valence-electron chi connectivity index (χ3n) is 3.62. The number of hydrogen-bond donors (Lipinski definition) is 2. The van der Waals surface area contributed by atoms with Crippen LogP contribution in [0.15, 0.2) is 18.6 Å². The van der Waals surface area contributed by atoms with E-state index in [1.165, 1.54) is 0 Å². The molecule has 0 bridgehead atoms. The van der Waals surface area contributed by atoms with E-state index in [9.17, 15) is 9.90 Å². The van der Waals surface area contributed by atoms with Gasteiger partial charge in [0, 0.05) is 38.2 Å². The first-order chi connectivity index (χ1) is 10.2. The Morgan fingerprint density at radius 2 is 2.33 bits per heavy atom. The predicted octanol–water partition coefficient (Wildman–Crippen LogP) is 0.843. The molecule has 1 aliphatic rings. The number of aromatic nitrogens is 3. The highest BCUT2D eigenvalue weighted by Gasteiger charge is 2.29. The van der Waals surface area contributed by atoms with Crippen molar-refractivity contribution in [3.8, 4) is 17.1 Å². The van der Waals surface area contributed by atoms with Crippen LogP contribution in [-0.4, -0.2) is 50.6 Å². The Hall–Kier alpha value is -2.41. The number of likely N-dealkylation sites (tertiary alicyclic amines) is 1. The second-order valence-electron chi connectivity index (χ2n) is 5.08. The van der Waals surface area contributed by atoms with Crippen molar-refractivity contribution < 1.29 is 14.6 Å². The van der Waals surface area contributed by atoms with Gasteiger partial charge in [-0.3, -0.25) is 14.7 Å². The summed E-state index contributed by atoms with van der Waals surface area (Å²) in [5.41, 5.74) is 2.13. The van der Waals surface area contributed by atoms with E-state index in [1.54, 1.807) is 25.5 Å². The Labute approximate surface area is 121 Å². The molecule has 0 aromatic carbocycles. The summed E-state index contributed by atoms with van der Waals surface area (Å²) in [6, 6.07) is 0. The molecule has 21 heavy (non-hydrogen) atoms. The first kappa shape index (κ1) is 13.6. The SMILES string of the molecule is Cc1ncc(CN2CC(OC=O)C2)c(-c2[15n]cc[15nH]2)c1O. The molecular formula is C14H16N4O3. The number of hydrogen-bond acceptors (Lipinski definition) is 6. The number of carbonyl (C=O) groups is 1. The molecule has 2 N–H and O–H groups in total. The van der Waals surface area contributed by atoms with E-state index in [0.29, 0.717) is 43.2 Å². The molecule has 1 fully saturated rings. The molecular weight excluding hydrogens is 274 g/mol. The number of carbonyl (C=O) groups excluding carboxylic acids is 1. The Morgan fingerprint density at radius 3 is 3.00 bits per heavy atom. The number of imidazole rings is 1. The molecule has 0 aliphatic carbocycles. The number of rotatable bonds is 5. The van der Waals surface area contributed by atoms with Gasteiger partial charge in [-0.1, -0.05) is 0 Å². The van der Waals surface area contributed by atoms with Crippen molar-refractivity contribution in [2.75, 3.05) is 13.1 Å². The van der Waals surface area contributed by atoms with Gasteiger partial charge in [-0.25, -0.2) is 4.98 Å². The van der Waals surface area contributed by atoms with Crippen LogP contribution in [0, 0.1) is 6.92 Å². The number of pyridine rings is 1. The maximum absolute atomic E-state index is 10.3. The quantitative estimate of drug-likeness (QED) is 0.793. The van der Waals surface area contributed by atoms with Crippen LogP contribution in [0.3, 0.4) is 0 Å². The summed E-state index contributed by atoms with van der Waals surface area (Å²) < 4.78 is 4.89. The standard InChI is InChI=1S/C14H16N4O3/c1-9-13(20)12(14-15-2-3-16-14)10(4-17-9)5-18-6-11(7-18)21-8-19/h2-4,8,11,20H,5-7H2,1H3,(H,15,16)/i15+1,16+1. The average molecular weight is 290 g/mol. The van der Waals surface area contributed by atoms with E-state index in [0.717, 1.165) is 5.56 Å². The summed E-state index contributed by atoms with van der Waals surface area (Å²) >= 11 is 0. The van der Waals surface area contributed by atoms with Gasteiger partial charge in [0.05, 0.1) is 11.3 Å². The molecule has 2 aromatic rings. The van der Waals surface area contributed by atoms with Crippen LogP contribution in [0.25, 0.3) is 11.4 Å². The summed E-state index contributed by atoms with van der Waals surface area (Å²) in [4.78, 5) is 23.8. The van der Waals surface area contributed by atoms with Crippen LogP contribution in [0.5, 0.6) is 5.75 Å². The minimum Gasteiger partial charge on any atom is -0.505 e. The predicted molar refractivity (Wildman–Crippen MR) is 74.4 cm³/mol. The fourth-order valence-corrected chi connectivity index (χ4v) is 2.48. The van der Waals surface area contributed by atoms with Crippen molar-refractivity contribution in [1.82, 2.24) is 19.9 Å². The maximum Gasteiger partial charge on any atom is 0.293 e. The number of H-pyrrole nitrogens is 1. The van der Waals surface area contributed by atoms with Crippen molar-refractivity contribution in [3.63, 3.8) is 0 Å². The van der Waals surface area contributed by atoms with Crippen LogP contribution in [0.4, 0.5) is 0 Å². The van der Waals surface area contributed by atoms with Crippen molar-refractivity contribution in [3.05, 3.63) is 29.8 Å². The minimum atomic E-state index is -0.0402. The molecule has 0 spiro atoms. The van der Waals surface area contributed by atoms with Crippen LogP contribution in [0.2, 0.25) is 0 Å². The van der Waals surface area contributed by atoms with Crippen LogP contribution < -0.4 is 0 Å². The Balaban J connectivity index is 1.83. The third-order valence-corrected chi connectivity index (χ3v) is 3.62. The molecule has 110 valence electrons. The number of aromatic amines is 1. The number of aryl methyl sites for hydroxylation is 1. The smallest absolute Gasteiger partial charge is 0.293 e. The van der Waals surface area contributed by atoms with E-state index >= 15 is 0 Å². The summed E-state index contributed by atoms with van der Waals surface area (Å²) in [7, 11) is 0. The molecule has 7 heteroatoms. The zero-order chi connectivity index (χ0) is 14.8. The zero-order valence-electron chi connectivity index (χ0n) is 11.6. The maximum atomic E-state index is 10.3. The number of ether oxygens (including phenoxy) is 1. The van der Waals surface area contributed by atoms with E-state index in [4.69, 9.17) is 4.74 Å².